The molecule has 2 heterocycles. The van der Waals surface area contributed by atoms with Gasteiger partial charge in [0.05, 0.1) is 19.7 Å². The lowest BCUT2D eigenvalue weighted by molar-refractivity contribution is 0.0590. The van der Waals surface area contributed by atoms with Gasteiger partial charge in [-0.25, -0.2) is 19.2 Å². The van der Waals surface area contributed by atoms with Gasteiger partial charge in [-0.05, 0) is 35.9 Å². The van der Waals surface area contributed by atoms with E-state index >= 15 is 0 Å². The molecule has 156 valence electrons. The summed E-state index contributed by atoms with van der Waals surface area (Å²) in [6, 6.07) is 13.0. The van der Waals surface area contributed by atoms with Gasteiger partial charge in [0.25, 0.3) is 0 Å². The van der Waals surface area contributed by atoms with Crippen molar-refractivity contribution < 1.29 is 18.7 Å². The van der Waals surface area contributed by atoms with Crippen LogP contribution in [0.1, 0.15) is 21.6 Å². The first-order chi connectivity index (χ1) is 15.0. The summed E-state index contributed by atoms with van der Waals surface area (Å²) in [6.07, 6.45) is 3.12. The van der Waals surface area contributed by atoms with Crippen molar-refractivity contribution in [3.8, 4) is 11.7 Å². The number of rotatable bonds is 5. The van der Waals surface area contributed by atoms with E-state index in [1.54, 1.807) is 28.8 Å². The minimum Gasteiger partial charge on any atom is -0.467 e. The van der Waals surface area contributed by atoms with Crippen LogP contribution in [0, 0.1) is 5.82 Å². The molecule has 0 saturated heterocycles. The molecule has 0 spiro atoms. The maximum absolute atomic E-state index is 14.1. The lowest BCUT2D eigenvalue weighted by Crippen LogP contribution is -2.24. The van der Waals surface area contributed by atoms with Crippen LogP contribution in [0.3, 0.4) is 0 Å². The maximum atomic E-state index is 14.1. The molecule has 0 N–H and O–H groups in total. The van der Waals surface area contributed by atoms with Crippen LogP contribution >= 0.6 is 0 Å². The number of carbonyl (C=O) groups excluding carboxylic acids is 1. The number of methoxy groups -OCH3 is 2. The number of pyridine rings is 1. The molecule has 8 heteroatoms. The summed E-state index contributed by atoms with van der Waals surface area (Å²) >= 11 is 0. The first-order valence-corrected chi connectivity index (χ1v) is 9.39. The molecule has 4 aromatic rings. The number of hydrogen-bond donors (Lipinski definition) is 0. The number of nitrogens with zero attached hydrogens (tertiary/aromatic N) is 3. The Morgan fingerprint density at radius 3 is 2.42 bits per heavy atom. The Labute approximate surface area is 176 Å². The summed E-state index contributed by atoms with van der Waals surface area (Å²) in [5, 5.41) is 0.280. The minimum absolute atomic E-state index is 0.0209. The number of halogens is 1. The predicted molar refractivity (Wildman–Crippen MR) is 112 cm³/mol. The third-order valence-electron chi connectivity index (χ3n) is 4.87. The quantitative estimate of drug-likeness (QED) is 0.462. The van der Waals surface area contributed by atoms with Gasteiger partial charge >= 0.3 is 12.0 Å². The van der Waals surface area contributed by atoms with E-state index in [0.717, 1.165) is 0 Å². The molecule has 0 saturated carbocycles. The van der Waals surface area contributed by atoms with E-state index in [1.807, 2.05) is 6.07 Å². The summed E-state index contributed by atoms with van der Waals surface area (Å²) in [5.74, 6) is -1.24. The van der Waals surface area contributed by atoms with Crippen molar-refractivity contribution >= 4 is 16.9 Å². The molecule has 0 radical (unpaired) electrons. The van der Waals surface area contributed by atoms with Crippen LogP contribution in [0.15, 0.2) is 65.7 Å². The average molecular weight is 419 g/mol. The van der Waals surface area contributed by atoms with E-state index < -0.39 is 17.2 Å². The minimum atomic E-state index is -0.712. The van der Waals surface area contributed by atoms with Crippen LogP contribution in [0.25, 0.3) is 16.6 Å². The Hall–Kier alpha value is -4.07. The van der Waals surface area contributed by atoms with Crippen molar-refractivity contribution in [1.29, 1.82) is 0 Å². The average Bonchev–Trinajstić information content (AvgIpc) is 2.81. The summed E-state index contributed by atoms with van der Waals surface area (Å²) in [7, 11) is 2.68. The molecule has 2 aromatic carbocycles. The van der Waals surface area contributed by atoms with E-state index in [9.17, 15) is 14.0 Å². The summed E-state index contributed by atoms with van der Waals surface area (Å²) in [6.45, 7) is 0. The summed E-state index contributed by atoms with van der Waals surface area (Å²) in [4.78, 5) is 34.4. The third-order valence-corrected chi connectivity index (χ3v) is 4.87. The molecular weight excluding hydrogens is 401 g/mol. The molecule has 0 aliphatic heterocycles. The Morgan fingerprint density at radius 1 is 1.06 bits per heavy atom. The van der Waals surface area contributed by atoms with Crippen LogP contribution in [-0.2, 0) is 11.2 Å². The van der Waals surface area contributed by atoms with Crippen molar-refractivity contribution in [2.24, 2.45) is 0 Å². The van der Waals surface area contributed by atoms with Gasteiger partial charge < -0.3 is 14.0 Å². The van der Waals surface area contributed by atoms with E-state index in [4.69, 9.17) is 9.47 Å². The van der Waals surface area contributed by atoms with Crippen molar-refractivity contribution in [3.63, 3.8) is 0 Å². The first kappa shape index (κ1) is 20.2. The van der Waals surface area contributed by atoms with E-state index in [-0.39, 0.29) is 34.6 Å². The molecule has 7 nitrogen and oxygen atoms in total. The van der Waals surface area contributed by atoms with Gasteiger partial charge in [0.15, 0.2) is 5.43 Å². The molecule has 0 atom stereocenters. The molecule has 0 aliphatic carbocycles. The molecular formula is C23H18FN3O4. The topological polar surface area (TPSA) is 83.3 Å². The van der Waals surface area contributed by atoms with E-state index in [0.29, 0.717) is 11.3 Å². The van der Waals surface area contributed by atoms with Crippen LogP contribution in [0.2, 0.25) is 0 Å². The zero-order valence-corrected chi connectivity index (χ0v) is 16.8. The number of carbonyl (C=O) groups is 1. The van der Waals surface area contributed by atoms with Crippen molar-refractivity contribution in [2.75, 3.05) is 14.2 Å². The predicted octanol–water partition coefficient (Wildman–Crippen LogP) is 3.31. The highest BCUT2D eigenvalue weighted by Crippen LogP contribution is 2.25. The van der Waals surface area contributed by atoms with Gasteiger partial charge in [0, 0.05) is 35.5 Å². The second kappa shape index (κ2) is 8.35. The van der Waals surface area contributed by atoms with Crippen LogP contribution in [0.5, 0.6) is 6.01 Å². The summed E-state index contributed by atoms with van der Waals surface area (Å²) < 4.78 is 25.7. The molecule has 0 bridgehead atoms. The second-order valence-corrected chi connectivity index (χ2v) is 6.74. The van der Waals surface area contributed by atoms with Gasteiger partial charge in [-0.3, -0.25) is 4.79 Å². The number of esters is 1. The molecule has 0 aliphatic rings. The largest absolute Gasteiger partial charge is 0.467 e. The number of benzene rings is 2. The highest BCUT2D eigenvalue weighted by Gasteiger charge is 2.24. The zero-order chi connectivity index (χ0) is 22.0. The zero-order valence-electron chi connectivity index (χ0n) is 16.8. The number of ether oxygens (including phenoxy) is 2. The number of para-hydroxylation sites is 1. The van der Waals surface area contributed by atoms with Gasteiger partial charge in [-0.15, -0.1) is 0 Å². The van der Waals surface area contributed by atoms with Crippen molar-refractivity contribution in [3.05, 3.63) is 93.8 Å². The van der Waals surface area contributed by atoms with E-state index in [2.05, 4.69) is 9.97 Å². The fourth-order valence-corrected chi connectivity index (χ4v) is 3.47. The van der Waals surface area contributed by atoms with Crippen LogP contribution in [-0.4, -0.2) is 34.7 Å². The normalized spacial score (nSPS) is 10.8. The van der Waals surface area contributed by atoms with Gasteiger partial charge in [-0.2, -0.15) is 0 Å². The Kier molecular flexibility index (Phi) is 5.44. The Balaban J connectivity index is 2.07. The molecule has 31 heavy (non-hydrogen) atoms. The van der Waals surface area contributed by atoms with Gasteiger partial charge in [0.1, 0.15) is 11.5 Å². The fraction of sp³-hybridized carbons (Fsp3) is 0.130. The number of hydrogen-bond acceptors (Lipinski definition) is 6. The first-order valence-electron chi connectivity index (χ1n) is 9.39. The highest BCUT2D eigenvalue weighted by molar-refractivity contribution is 5.95. The monoisotopic (exact) mass is 419 g/mol. The highest BCUT2D eigenvalue weighted by atomic mass is 19.1. The Morgan fingerprint density at radius 2 is 1.77 bits per heavy atom. The third kappa shape index (κ3) is 3.75. The Bertz CT molecular complexity index is 1320. The number of fused-ring (bicyclic) bond motifs is 1. The number of aromatic nitrogens is 3. The van der Waals surface area contributed by atoms with Crippen molar-refractivity contribution in [1.82, 2.24) is 14.5 Å². The maximum Gasteiger partial charge on any atom is 0.355 e. The lowest BCUT2D eigenvalue weighted by atomic mass is 10.0. The molecule has 0 fully saturated rings. The second-order valence-electron chi connectivity index (χ2n) is 6.74. The van der Waals surface area contributed by atoms with Crippen molar-refractivity contribution in [2.45, 2.75) is 6.42 Å². The van der Waals surface area contributed by atoms with E-state index in [1.165, 1.54) is 44.8 Å². The van der Waals surface area contributed by atoms with Gasteiger partial charge in [0.2, 0.25) is 0 Å². The fourth-order valence-electron chi connectivity index (χ4n) is 3.47. The SMILES string of the molecule is COC(=O)c1c(Cc2cnc(OC)nc2)c(=O)c2ccc(F)cc2n1-c1ccccc1. The summed E-state index contributed by atoms with van der Waals surface area (Å²) in [5.41, 5.74) is 1.29. The molecule has 2 aromatic heterocycles. The molecule has 4 rings (SSSR count). The molecule has 0 amide bonds. The standard InChI is InChI=1S/C23H18FN3O4/c1-30-22(29)20-18(10-14-12-25-23(31-2)26-13-14)21(28)17-9-8-15(24)11-19(17)27(20)16-6-4-3-5-7-16/h3-9,11-13H,10H2,1-2H3. The van der Waals surface area contributed by atoms with Crippen LogP contribution < -0.4 is 10.2 Å². The lowest BCUT2D eigenvalue weighted by Gasteiger charge is -2.19. The van der Waals surface area contributed by atoms with Crippen LogP contribution in [0.4, 0.5) is 4.39 Å². The van der Waals surface area contributed by atoms with Gasteiger partial charge in [-0.1, -0.05) is 18.2 Å². The smallest absolute Gasteiger partial charge is 0.355 e. The molecule has 0 unspecified atom stereocenters.